The van der Waals surface area contributed by atoms with Crippen molar-refractivity contribution in [1.82, 2.24) is 19.7 Å². The van der Waals surface area contributed by atoms with E-state index in [0.29, 0.717) is 39.4 Å². The van der Waals surface area contributed by atoms with Crippen LogP contribution in [0.25, 0.3) is 11.4 Å². The van der Waals surface area contributed by atoms with E-state index in [-0.39, 0.29) is 5.91 Å². The minimum atomic E-state index is 0.144. The largest absolute Gasteiger partial charge is 0.339 e. The average molecular weight is 461 g/mol. The summed E-state index contributed by atoms with van der Waals surface area (Å²) in [6.45, 7) is 3.35. The van der Waals surface area contributed by atoms with Crippen LogP contribution < -0.4 is 0 Å². The van der Waals surface area contributed by atoms with Gasteiger partial charge >= 0.3 is 0 Å². The maximum absolute atomic E-state index is 12.7. The van der Waals surface area contributed by atoms with Gasteiger partial charge in [0.2, 0.25) is 5.91 Å². The van der Waals surface area contributed by atoms with Crippen LogP contribution in [0.4, 0.5) is 0 Å². The summed E-state index contributed by atoms with van der Waals surface area (Å²) in [6, 6.07) is 15.8. The Balaban J connectivity index is 1.62. The molecule has 0 N–H and O–H groups in total. The molecule has 4 rings (SSSR count). The molecule has 156 valence electrons. The smallest absolute Gasteiger partial charge is 0.233 e. The van der Waals surface area contributed by atoms with Gasteiger partial charge in [-0.15, -0.1) is 10.2 Å². The summed E-state index contributed by atoms with van der Waals surface area (Å²) in [5, 5.41) is 10.6. The van der Waals surface area contributed by atoms with Gasteiger partial charge < -0.3 is 4.90 Å². The highest BCUT2D eigenvalue weighted by Crippen LogP contribution is 2.33. The fourth-order valence-corrected chi connectivity index (χ4v) is 4.72. The van der Waals surface area contributed by atoms with Crippen molar-refractivity contribution in [2.45, 2.75) is 37.5 Å². The number of thioether (sulfide) groups is 1. The standard InChI is InChI=1S/C22H22Cl2N4OS/c1-2-27(17-9-10-17)20(29)14-30-22-26-25-21(18-11-8-16(23)12-19(18)24)28(22)13-15-6-4-3-5-7-15/h3-8,11-12,17H,2,9-10,13-14H2,1H3. The van der Waals surface area contributed by atoms with Gasteiger partial charge in [0.15, 0.2) is 11.0 Å². The molecular formula is C22H22Cl2N4OS. The Morgan fingerprint density at radius 2 is 1.93 bits per heavy atom. The number of amides is 1. The number of nitrogens with zero attached hydrogens (tertiary/aromatic N) is 4. The first kappa shape index (κ1) is 21.2. The van der Waals surface area contributed by atoms with E-state index in [1.165, 1.54) is 11.8 Å². The summed E-state index contributed by atoms with van der Waals surface area (Å²) in [5.41, 5.74) is 1.88. The Bertz CT molecular complexity index is 1040. The lowest BCUT2D eigenvalue weighted by atomic mass is 10.2. The predicted octanol–water partition coefficient (Wildman–Crippen LogP) is 5.40. The molecule has 1 heterocycles. The van der Waals surface area contributed by atoms with E-state index in [0.717, 1.165) is 30.5 Å². The number of hydrogen-bond donors (Lipinski definition) is 0. The fourth-order valence-electron chi connectivity index (χ4n) is 3.41. The van der Waals surface area contributed by atoms with Crippen molar-refractivity contribution in [3.05, 3.63) is 64.1 Å². The molecule has 1 aliphatic carbocycles. The normalized spacial score (nSPS) is 13.4. The summed E-state index contributed by atoms with van der Waals surface area (Å²) in [7, 11) is 0. The monoisotopic (exact) mass is 460 g/mol. The topological polar surface area (TPSA) is 51.0 Å². The molecule has 0 radical (unpaired) electrons. The van der Waals surface area contributed by atoms with Crippen molar-refractivity contribution in [3.63, 3.8) is 0 Å². The van der Waals surface area contributed by atoms with Gasteiger partial charge in [0, 0.05) is 23.2 Å². The van der Waals surface area contributed by atoms with E-state index in [1.54, 1.807) is 12.1 Å². The zero-order valence-corrected chi connectivity index (χ0v) is 18.9. The molecule has 1 fully saturated rings. The molecule has 0 spiro atoms. The number of halogens is 2. The number of rotatable bonds is 8. The third kappa shape index (κ3) is 4.82. The van der Waals surface area contributed by atoms with Crippen molar-refractivity contribution in [2.24, 2.45) is 0 Å². The van der Waals surface area contributed by atoms with Crippen molar-refractivity contribution >= 4 is 40.9 Å². The van der Waals surface area contributed by atoms with Crippen molar-refractivity contribution in [3.8, 4) is 11.4 Å². The summed E-state index contributed by atoms with van der Waals surface area (Å²) < 4.78 is 2.01. The second-order valence-corrected chi connectivity index (χ2v) is 8.99. The minimum absolute atomic E-state index is 0.144. The first-order valence-electron chi connectivity index (χ1n) is 9.91. The Labute approximate surface area is 190 Å². The van der Waals surface area contributed by atoms with E-state index >= 15 is 0 Å². The molecule has 0 atom stereocenters. The van der Waals surface area contributed by atoms with Crippen molar-refractivity contribution in [1.29, 1.82) is 0 Å². The molecule has 30 heavy (non-hydrogen) atoms. The second-order valence-electron chi connectivity index (χ2n) is 7.20. The van der Waals surface area contributed by atoms with E-state index in [1.807, 2.05) is 40.7 Å². The maximum atomic E-state index is 12.7. The molecule has 3 aromatic rings. The third-order valence-corrected chi connectivity index (χ3v) is 6.55. The van der Waals surface area contributed by atoms with E-state index in [4.69, 9.17) is 23.2 Å². The Kier molecular flexibility index (Phi) is 6.66. The van der Waals surface area contributed by atoms with Crippen LogP contribution in [0.1, 0.15) is 25.3 Å². The molecule has 5 nitrogen and oxygen atoms in total. The number of aromatic nitrogens is 3. The molecule has 0 aliphatic heterocycles. The van der Waals surface area contributed by atoms with Crippen LogP contribution in [0.15, 0.2) is 53.7 Å². The van der Waals surface area contributed by atoms with E-state index in [9.17, 15) is 4.79 Å². The van der Waals surface area contributed by atoms with Gasteiger partial charge in [0.05, 0.1) is 17.3 Å². The number of hydrogen-bond acceptors (Lipinski definition) is 4. The SMILES string of the molecule is CCN(C(=O)CSc1nnc(-c2ccc(Cl)cc2Cl)n1Cc1ccccc1)C1CC1. The van der Waals surface area contributed by atoms with Crippen LogP contribution in [0, 0.1) is 0 Å². The summed E-state index contributed by atoms with van der Waals surface area (Å²) in [5.74, 6) is 1.14. The predicted molar refractivity (Wildman–Crippen MR) is 122 cm³/mol. The quantitative estimate of drug-likeness (QED) is 0.422. The number of carbonyl (C=O) groups excluding carboxylic acids is 1. The zero-order chi connectivity index (χ0) is 21.1. The van der Waals surface area contributed by atoms with Crippen LogP contribution >= 0.6 is 35.0 Å². The third-order valence-electron chi connectivity index (χ3n) is 5.05. The van der Waals surface area contributed by atoms with Gasteiger partial charge in [-0.05, 0) is 43.5 Å². The van der Waals surface area contributed by atoms with E-state index < -0.39 is 0 Å². The molecular weight excluding hydrogens is 439 g/mol. The molecule has 1 amide bonds. The lowest BCUT2D eigenvalue weighted by molar-refractivity contribution is -0.128. The number of benzene rings is 2. The van der Waals surface area contributed by atoms with E-state index in [2.05, 4.69) is 22.3 Å². The summed E-state index contributed by atoms with van der Waals surface area (Å²) >= 11 is 13.9. The second kappa shape index (κ2) is 9.41. The molecule has 8 heteroatoms. The highest BCUT2D eigenvalue weighted by molar-refractivity contribution is 7.99. The van der Waals surface area contributed by atoms with Crippen LogP contribution in [0.3, 0.4) is 0 Å². The van der Waals surface area contributed by atoms with Gasteiger partial charge in [-0.2, -0.15) is 0 Å². The summed E-state index contributed by atoms with van der Waals surface area (Å²) in [4.78, 5) is 14.6. The molecule has 1 saturated carbocycles. The highest BCUT2D eigenvalue weighted by atomic mass is 35.5. The molecule has 1 aliphatic rings. The van der Waals surface area contributed by atoms with Crippen LogP contribution in [0.5, 0.6) is 0 Å². The molecule has 1 aromatic heterocycles. The Morgan fingerprint density at radius 3 is 2.60 bits per heavy atom. The first-order chi connectivity index (χ1) is 14.6. The molecule has 0 bridgehead atoms. The van der Waals surface area contributed by atoms with Crippen molar-refractivity contribution < 1.29 is 4.79 Å². The molecule has 0 unspecified atom stereocenters. The maximum Gasteiger partial charge on any atom is 0.233 e. The Morgan fingerprint density at radius 1 is 1.17 bits per heavy atom. The summed E-state index contributed by atoms with van der Waals surface area (Å²) in [6.07, 6.45) is 2.21. The number of carbonyl (C=O) groups is 1. The van der Waals surface area contributed by atoms with Gasteiger partial charge in [-0.25, -0.2) is 0 Å². The van der Waals surface area contributed by atoms with Gasteiger partial charge in [-0.1, -0.05) is 65.3 Å². The van der Waals surface area contributed by atoms with Gasteiger partial charge in [0.25, 0.3) is 0 Å². The minimum Gasteiger partial charge on any atom is -0.339 e. The molecule has 0 saturated heterocycles. The van der Waals surface area contributed by atoms with Crippen LogP contribution in [0.2, 0.25) is 10.0 Å². The lowest BCUT2D eigenvalue weighted by Gasteiger charge is -2.20. The van der Waals surface area contributed by atoms with Gasteiger partial charge in [-0.3, -0.25) is 9.36 Å². The highest BCUT2D eigenvalue weighted by Gasteiger charge is 2.31. The zero-order valence-electron chi connectivity index (χ0n) is 16.6. The molecule has 2 aromatic carbocycles. The fraction of sp³-hybridized carbons (Fsp3) is 0.318. The van der Waals surface area contributed by atoms with Crippen LogP contribution in [-0.4, -0.2) is 43.9 Å². The first-order valence-corrected chi connectivity index (χ1v) is 11.7. The van der Waals surface area contributed by atoms with Gasteiger partial charge in [0.1, 0.15) is 0 Å². The Hall–Kier alpha value is -2.02. The van der Waals surface area contributed by atoms with Crippen LogP contribution in [-0.2, 0) is 11.3 Å². The average Bonchev–Trinajstić information content (AvgIpc) is 3.50. The lowest BCUT2D eigenvalue weighted by Crippen LogP contribution is -2.34. The van der Waals surface area contributed by atoms with Crippen molar-refractivity contribution in [2.75, 3.05) is 12.3 Å².